The number of nitrogens with zero attached hydrogens (tertiary/aromatic N) is 2. The molecule has 0 unspecified atom stereocenters. The molecule has 1 amide bonds. The van der Waals surface area contributed by atoms with Crippen molar-refractivity contribution in [2.24, 2.45) is 5.41 Å². The van der Waals surface area contributed by atoms with Crippen molar-refractivity contribution in [1.82, 2.24) is 4.98 Å². The first kappa shape index (κ1) is 14.8. The fourth-order valence-corrected chi connectivity index (χ4v) is 2.42. The van der Waals surface area contributed by atoms with Gasteiger partial charge in [-0.15, -0.1) is 0 Å². The van der Waals surface area contributed by atoms with Crippen LogP contribution in [0.4, 0.5) is 5.69 Å². The summed E-state index contributed by atoms with van der Waals surface area (Å²) < 4.78 is 6.14. The number of carbonyl (C=O) groups is 2. The molecule has 0 bridgehead atoms. The Morgan fingerprint density at radius 2 is 2.25 bits per heavy atom. The summed E-state index contributed by atoms with van der Waals surface area (Å²) >= 11 is 3.31. The molecule has 0 aliphatic carbocycles. The molecule has 1 aliphatic heterocycles. The molecule has 0 fully saturated rings. The van der Waals surface area contributed by atoms with Crippen molar-refractivity contribution < 1.29 is 19.4 Å². The first-order chi connectivity index (χ1) is 9.31. The number of carboxylic acid groups (broad SMARTS) is 1. The van der Waals surface area contributed by atoms with E-state index in [1.54, 1.807) is 31.0 Å². The Hall–Kier alpha value is -1.63. The maximum absolute atomic E-state index is 12.6. The van der Waals surface area contributed by atoms with Crippen molar-refractivity contribution >= 4 is 33.5 Å². The van der Waals surface area contributed by atoms with Gasteiger partial charge in [-0.3, -0.25) is 9.59 Å². The number of aliphatic carboxylic acids is 1. The predicted octanol–water partition coefficient (Wildman–Crippen LogP) is 2.07. The van der Waals surface area contributed by atoms with Crippen molar-refractivity contribution in [3.63, 3.8) is 0 Å². The number of hydrogen-bond donors (Lipinski definition) is 1. The van der Waals surface area contributed by atoms with Crippen LogP contribution in [0.2, 0.25) is 0 Å². The summed E-state index contributed by atoms with van der Waals surface area (Å²) in [7, 11) is 0. The Morgan fingerprint density at radius 1 is 1.55 bits per heavy atom. The minimum absolute atomic E-state index is 0.222. The lowest BCUT2D eigenvalue weighted by Crippen LogP contribution is -2.46. The molecule has 0 atom stereocenters. The van der Waals surface area contributed by atoms with Crippen molar-refractivity contribution in [2.75, 3.05) is 18.1 Å². The molecular formula is C13H15BrN2O4. The van der Waals surface area contributed by atoms with Gasteiger partial charge in [-0.1, -0.05) is 13.8 Å². The third-order valence-corrected chi connectivity index (χ3v) is 3.49. The Morgan fingerprint density at radius 3 is 2.90 bits per heavy atom. The van der Waals surface area contributed by atoms with Crippen LogP contribution < -0.4 is 9.64 Å². The van der Waals surface area contributed by atoms with E-state index >= 15 is 0 Å². The number of halogens is 1. The van der Waals surface area contributed by atoms with Gasteiger partial charge >= 0.3 is 5.97 Å². The molecule has 1 N–H and O–H groups in total. The molecule has 108 valence electrons. The highest BCUT2D eigenvalue weighted by molar-refractivity contribution is 9.10. The standard InChI is InChI=1S/C13H15BrN2O4/c1-13(2,6-10(17)18)12(19)16-3-4-20-11-9(16)5-8(14)7-15-11/h5,7H,3-4,6H2,1-2H3,(H,17,18). The zero-order valence-electron chi connectivity index (χ0n) is 11.2. The van der Waals surface area contributed by atoms with Gasteiger partial charge in [0.1, 0.15) is 12.3 Å². The number of anilines is 1. The number of fused-ring (bicyclic) bond motifs is 1. The maximum atomic E-state index is 12.6. The molecule has 6 nitrogen and oxygen atoms in total. The van der Waals surface area contributed by atoms with Crippen LogP contribution in [0.1, 0.15) is 20.3 Å². The monoisotopic (exact) mass is 342 g/mol. The average molecular weight is 343 g/mol. The largest absolute Gasteiger partial charge is 0.481 e. The topological polar surface area (TPSA) is 79.7 Å². The summed E-state index contributed by atoms with van der Waals surface area (Å²) in [6.07, 6.45) is 1.37. The fourth-order valence-electron chi connectivity index (χ4n) is 2.10. The normalized spacial score (nSPS) is 14.4. The van der Waals surface area contributed by atoms with Crippen LogP contribution in [-0.4, -0.2) is 35.1 Å². The summed E-state index contributed by atoms with van der Waals surface area (Å²) in [6, 6.07) is 1.75. The van der Waals surface area contributed by atoms with Crippen LogP contribution in [0.5, 0.6) is 5.88 Å². The van der Waals surface area contributed by atoms with E-state index in [0.29, 0.717) is 24.7 Å². The van der Waals surface area contributed by atoms with E-state index in [1.807, 2.05) is 0 Å². The molecule has 0 radical (unpaired) electrons. The van der Waals surface area contributed by atoms with Crippen molar-refractivity contribution in [3.05, 3.63) is 16.7 Å². The van der Waals surface area contributed by atoms with Gasteiger partial charge in [-0.25, -0.2) is 4.98 Å². The van der Waals surface area contributed by atoms with Gasteiger partial charge in [0.05, 0.1) is 18.4 Å². The Balaban J connectivity index is 2.33. The van der Waals surface area contributed by atoms with Gasteiger partial charge in [0.2, 0.25) is 11.8 Å². The van der Waals surface area contributed by atoms with Crippen molar-refractivity contribution in [2.45, 2.75) is 20.3 Å². The van der Waals surface area contributed by atoms with E-state index < -0.39 is 11.4 Å². The molecule has 0 aromatic carbocycles. The number of aromatic nitrogens is 1. The number of hydrogen-bond acceptors (Lipinski definition) is 4. The minimum Gasteiger partial charge on any atom is -0.481 e. The van der Waals surface area contributed by atoms with Crippen LogP contribution in [0.3, 0.4) is 0 Å². The first-order valence-electron chi connectivity index (χ1n) is 6.13. The molecule has 1 aliphatic rings. The zero-order chi connectivity index (χ0) is 14.9. The summed E-state index contributed by atoms with van der Waals surface area (Å²) in [4.78, 5) is 29.1. The molecular weight excluding hydrogens is 328 g/mol. The summed E-state index contributed by atoms with van der Waals surface area (Å²) in [5, 5.41) is 8.92. The minimum atomic E-state index is -0.996. The lowest BCUT2D eigenvalue weighted by molar-refractivity contribution is -0.143. The molecule has 1 aromatic rings. The third kappa shape index (κ3) is 2.92. The summed E-state index contributed by atoms with van der Waals surface area (Å²) in [6.45, 7) is 3.98. The second kappa shape index (κ2) is 5.40. The Labute approximate surface area is 124 Å². The molecule has 20 heavy (non-hydrogen) atoms. The molecule has 1 aromatic heterocycles. The van der Waals surface area contributed by atoms with E-state index in [0.717, 1.165) is 4.47 Å². The fraction of sp³-hybridized carbons (Fsp3) is 0.462. The smallest absolute Gasteiger partial charge is 0.304 e. The van der Waals surface area contributed by atoms with Crippen LogP contribution in [0.25, 0.3) is 0 Å². The highest BCUT2D eigenvalue weighted by Gasteiger charge is 2.37. The zero-order valence-corrected chi connectivity index (χ0v) is 12.8. The van der Waals surface area contributed by atoms with Crippen molar-refractivity contribution in [3.8, 4) is 5.88 Å². The van der Waals surface area contributed by atoms with Crippen LogP contribution in [-0.2, 0) is 9.59 Å². The van der Waals surface area contributed by atoms with Gasteiger partial charge < -0.3 is 14.7 Å². The average Bonchev–Trinajstić information content (AvgIpc) is 2.35. The summed E-state index contributed by atoms with van der Waals surface area (Å²) in [5.41, 5.74) is -0.419. The van der Waals surface area contributed by atoms with Crippen LogP contribution in [0, 0.1) is 5.41 Å². The van der Waals surface area contributed by atoms with Gasteiger partial charge in [0.15, 0.2) is 0 Å². The van der Waals surface area contributed by atoms with Crippen LogP contribution >= 0.6 is 15.9 Å². The van der Waals surface area contributed by atoms with Crippen LogP contribution in [0.15, 0.2) is 16.7 Å². The third-order valence-electron chi connectivity index (χ3n) is 3.06. The number of ether oxygens (including phenoxy) is 1. The maximum Gasteiger partial charge on any atom is 0.304 e. The number of carbonyl (C=O) groups excluding carboxylic acids is 1. The predicted molar refractivity (Wildman–Crippen MR) is 75.8 cm³/mol. The molecule has 0 saturated heterocycles. The first-order valence-corrected chi connectivity index (χ1v) is 6.93. The van der Waals surface area contributed by atoms with E-state index in [4.69, 9.17) is 9.84 Å². The van der Waals surface area contributed by atoms with E-state index in [-0.39, 0.29) is 12.3 Å². The second-order valence-electron chi connectivity index (χ2n) is 5.24. The highest BCUT2D eigenvalue weighted by atomic mass is 79.9. The van der Waals surface area contributed by atoms with Gasteiger partial charge in [0, 0.05) is 10.7 Å². The molecule has 2 heterocycles. The van der Waals surface area contributed by atoms with Gasteiger partial charge in [-0.05, 0) is 22.0 Å². The Bertz CT molecular complexity index is 559. The summed E-state index contributed by atoms with van der Waals surface area (Å²) in [5.74, 6) is -0.854. The van der Waals surface area contributed by atoms with E-state index in [1.165, 1.54) is 0 Å². The molecule has 7 heteroatoms. The molecule has 2 rings (SSSR count). The van der Waals surface area contributed by atoms with E-state index in [9.17, 15) is 9.59 Å². The van der Waals surface area contributed by atoms with E-state index in [2.05, 4.69) is 20.9 Å². The number of amides is 1. The Kier molecular flexibility index (Phi) is 3.99. The SMILES string of the molecule is CC(C)(CC(=O)O)C(=O)N1CCOc2ncc(Br)cc21. The molecule has 0 saturated carbocycles. The number of rotatable bonds is 3. The van der Waals surface area contributed by atoms with Gasteiger partial charge in [0.25, 0.3) is 0 Å². The quantitative estimate of drug-likeness (QED) is 0.909. The molecule has 0 spiro atoms. The highest BCUT2D eigenvalue weighted by Crippen LogP contribution is 2.35. The lowest BCUT2D eigenvalue weighted by Gasteiger charge is -2.34. The van der Waals surface area contributed by atoms with Crippen molar-refractivity contribution in [1.29, 1.82) is 0 Å². The number of pyridine rings is 1. The van der Waals surface area contributed by atoms with Gasteiger partial charge in [-0.2, -0.15) is 0 Å². The second-order valence-corrected chi connectivity index (χ2v) is 6.15. The lowest BCUT2D eigenvalue weighted by atomic mass is 9.87. The number of carboxylic acids is 1.